The molecule has 0 saturated heterocycles. The van der Waals surface area contributed by atoms with Crippen molar-refractivity contribution in [2.75, 3.05) is 18.9 Å². The number of hydrogen-bond acceptors (Lipinski definition) is 3. The van der Waals surface area contributed by atoms with Gasteiger partial charge >= 0.3 is 0 Å². The van der Waals surface area contributed by atoms with E-state index in [1.807, 2.05) is 18.2 Å². The van der Waals surface area contributed by atoms with Gasteiger partial charge in [0, 0.05) is 5.69 Å². The van der Waals surface area contributed by atoms with Gasteiger partial charge in [0.1, 0.15) is 12.4 Å². The maximum absolute atomic E-state index is 12.0. The number of carbonyl (C=O) groups excluding carboxylic acids is 1. The quantitative estimate of drug-likeness (QED) is 0.626. The van der Waals surface area contributed by atoms with Crippen LogP contribution in [-0.4, -0.2) is 19.1 Å². The molecular weight excluding hydrogens is 312 g/mol. The van der Waals surface area contributed by atoms with E-state index in [4.69, 9.17) is 10.5 Å². The predicted molar refractivity (Wildman–Crippen MR) is 96.5 cm³/mol. The molecule has 4 nitrogen and oxygen atoms in total. The minimum Gasteiger partial charge on any atom is -0.491 e. The van der Waals surface area contributed by atoms with Crippen LogP contribution < -0.4 is 15.8 Å². The first-order valence-electron chi connectivity index (χ1n) is 7.44. The summed E-state index contributed by atoms with van der Waals surface area (Å²) >= 11 is 0. The third-order valence-corrected chi connectivity index (χ3v) is 3.39. The number of ether oxygens (including phenoxy) is 1. The summed E-state index contributed by atoms with van der Waals surface area (Å²) in [6.45, 7) is 5.10. The highest BCUT2D eigenvalue weighted by atomic mass is 35.5. The van der Waals surface area contributed by atoms with Crippen molar-refractivity contribution in [2.24, 2.45) is 0 Å². The number of amides is 1. The number of rotatable bonds is 6. The Balaban J connectivity index is 0.00000264. The van der Waals surface area contributed by atoms with Crippen LogP contribution in [-0.2, 0) is 0 Å². The molecule has 2 rings (SSSR count). The molecule has 23 heavy (non-hydrogen) atoms. The number of nitrogens with two attached hydrogens (primary N) is 1. The number of anilines is 1. The van der Waals surface area contributed by atoms with Crippen LogP contribution in [0, 0.1) is 0 Å². The highest BCUT2D eigenvalue weighted by Gasteiger charge is 2.09. The molecule has 0 unspecified atom stereocenters. The third kappa shape index (κ3) is 5.18. The number of benzene rings is 2. The van der Waals surface area contributed by atoms with Gasteiger partial charge in [-0.25, -0.2) is 0 Å². The molecule has 3 N–H and O–H groups in total. The maximum atomic E-state index is 12.0. The van der Waals surface area contributed by atoms with Gasteiger partial charge in [-0.15, -0.1) is 12.4 Å². The van der Waals surface area contributed by atoms with E-state index in [-0.39, 0.29) is 18.3 Å². The van der Waals surface area contributed by atoms with Crippen LogP contribution in [0.15, 0.2) is 48.5 Å². The summed E-state index contributed by atoms with van der Waals surface area (Å²) in [6, 6.07) is 15.0. The molecule has 1 amide bonds. The van der Waals surface area contributed by atoms with Gasteiger partial charge in [-0.05, 0) is 29.7 Å². The number of nitrogens with one attached hydrogen (secondary N) is 1. The second-order valence-electron chi connectivity index (χ2n) is 5.38. The van der Waals surface area contributed by atoms with Gasteiger partial charge in [-0.2, -0.15) is 0 Å². The molecular formula is C18H23ClN2O2. The number of nitrogen functional groups attached to an aromatic ring is 1. The lowest BCUT2D eigenvalue weighted by molar-refractivity contribution is 0.0948. The molecule has 0 aliphatic heterocycles. The summed E-state index contributed by atoms with van der Waals surface area (Å²) in [6.07, 6.45) is 0. The van der Waals surface area contributed by atoms with Crippen molar-refractivity contribution in [2.45, 2.75) is 19.8 Å². The minimum atomic E-state index is -0.182. The molecule has 0 bridgehead atoms. The van der Waals surface area contributed by atoms with Crippen LogP contribution in [0.4, 0.5) is 5.69 Å². The van der Waals surface area contributed by atoms with Gasteiger partial charge in [0.15, 0.2) is 0 Å². The van der Waals surface area contributed by atoms with Gasteiger partial charge in [0.2, 0.25) is 0 Å². The normalized spacial score (nSPS) is 10.0. The van der Waals surface area contributed by atoms with Crippen LogP contribution in [0.5, 0.6) is 5.75 Å². The highest BCUT2D eigenvalue weighted by Crippen LogP contribution is 2.25. The van der Waals surface area contributed by atoms with Crippen molar-refractivity contribution in [3.8, 4) is 5.75 Å². The van der Waals surface area contributed by atoms with Crippen molar-refractivity contribution in [1.29, 1.82) is 0 Å². The van der Waals surface area contributed by atoms with Gasteiger partial charge in [0.05, 0.1) is 12.1 Å². The van der Waals surface area contributed by atoms with E-state index in [1.165, 1.54) is 5.56 Å². The zero-order chi connectivity index (χ0) is 15.9. The number of para-hydroxylation sites is 2. The highest BCUT2D eigenvalue weighted by molar-refractivity contribution is 5.99. The Labute approximate surface area is 143 Å². The molecule has 0 saturated carbocycles. The summed E-state index contributed by atoms with van der Waals surface area (Å²) < 4.78 is 5.77. The smallest absolute Gasteiger partial charge is 0.253 e. The van der Waals surface area contributed by atoms with Crippen molar-refractivity contribution in [1.82, 2.24) is 5.32 Å². The fourth-order valence-electron chi connectivity index (χ4n) is 2.21. The van der Waals surface area contributed by atoms with Gasteiger partial charge in [-0.3, -0.25) is 4.79 Å². The topological polar surface area (TPSA) is 64.3 Å². The molecule has 0 atom stereocenters. The standard InChI is InChI=1S/C18H22N2O2.ClH/c1-13(2)14-7-4-6-10-17(14)22-12-11-20-18(21)15-8-3-5-9-16(15)19;/h3-10,13H,11-12,19H2,1-2H3,(H,20,21);1H. The summed E-state index contributed by atoms with van der Waals surface area (Å²) in [5.41, 5.74) is 7.91. The van der Waals surface area contributed by atoms with E-state index in [1.54, 1.807) is 24.3 Å². The van der Waals surface area contributed by atoms with Crippen LogP contribution in [0.1, 0.15) is 35.7 Å². The van der Waals surface area contributed by atoms with Crippen molar-refractivity contribution >= 4 is 24.0 Å². The SMILES string of the molecule is CC(C)c1ccccc1OCCNC(=O)c1ccccc1N.Cl. The second-order valence-corrected chi connectivity index (χ2v) is 5.38. The summed E-state index contributed by atoms with van der Waals surface area (Å²) in [5, 5.41) is 2.81. The monoisotopic (exact) mass is 334 g/mol. The Hall–Kier alpha value is -2.20. The Morgan fingerprint density at radius 2 is 1.78 bits per heavy atom. The average Bonchev–Trinajstić information content (AvgIpc) is 2.52. The Morgan fingerprint density at radius 1 is 1.13 bits per heavy atom. The Bertz CT molecular complexity index is 644. The van der Waals surface area contributed by atoms with E-state index in [9.17, 15) is 4.79 Å². The molecule has 0 spiro atoms. The lowest BCUT2D eigenvalue weighted by Gasteiger charge is -2.14. The Kier molecular flexibility index (Phi) is 7.42. The molecule has 2 aromatic carbocycles. The molecule has 2 aromatic rings. The van der Waals surface area contributed by atoms with Crippen molar-refractivity contribution in [3.63, 3.8) is 0 Å². The number of halogens is 1. The molecule has 0 aliphatic carbocycles. The van der Waals surface area contributed by atoms with Crippen LogP contribution in [0.25, 0.3) is 0 Å². The van der Waals surface area contributed by atoms with Crippen LogP contribution in [0.3, 0.4) is 0 Å². The van der Waals surface area contributed by atoms with Gasteiger partial charge in [0.25, 0.3) is 5.91 Å². The lowest BCUT2D eigenvalue weighted by atomic mass is 10.0. The average molecular weight is 335 g/mol. The van der Waals surface area contributed by atoms with Gasteiger partial charge < -0.3 is 15.8 Å². The van der Waals surface area contributed by atoms with Crippen LogP contribution in [0.2, 0.25) is 0 Å². The third-order valence-electron chi connectivity index (χ3n) is 3.39. The number of hydrogen-bond donors (Lipinski definition) is 2. The molecule has 0 aromatic heterocycles. The van der Waals surface area contributed by atoms with E-state index < -0.39 is 0 Å². The Morgan fingerprint density at radius 3 is 2.48 bits per heavy atom. The fourth-order valence-corrected chi connectivity index (χ4v) is 2.21. The van der Waals surface area contributed by atoms with E-state index >= 15 is 0 Å². The lowest BCUT2D eigenvalue weighted by Crippen LogP contribution is -2.28. The largest absolute Gasteiger partial charge is 0.491 e. The minimum absolute atomic E-state index is 0. The predicted octanol–water partition coefficient (Wildman–Crippen LogP) is 3.62. The molecule has 124 valence electrons. The van der Waals surface area contributed by atoms with E-state index in [0.717, 1.165) is 5.75 Å². The first-order valence-corrected chi connectivity index (χ1v) is 7.44. The zero-order valence-electron chi connectivity index (χ0n) is 13.4. The molecule has 0 heterocycles. The number of carbonyl (C=O) groups is 1. The van der Waals surface area contributed by atoms with Crippen LogP contribution >= 0.6 is 12.4 Å². The summed E-state index contributed by atoms with van der Waals surface area (Å²) in [7, 11) is 0. The van der Waals surface area contributed by atoms with Gasteiger partial charge in [-0.1, -0.05) is 44.2 Å². The van der Waals surface area contributed by atoms with E-state index in [2.05, 4.69) is 25.2 Å². The van der Waals surface area contributed by atoms with Crippen molar-refractivity contribution < 1.29 is 9.53 Å². The maximum Gasteiger partial charge on any atom is 0.253 e. The fraction of sp³-hybridized carbons (Fsp3) is 0.278. The first-order chi connectivity index (χ1) is 10.6. The summed E-state index contributed by atoms with van der Waals surface area (Å²) in [5.74, 6) is 1.08. The van der Waals surface area contributed by atoms with Crippen molar-refractivity contribution in [3.05, 3.63) is 59.7 Å². The molecule has 5 heteroatoms. The summed E-state index contributed by atoms with van der Waals surface area (Å²) in [4.78, 5) is 12.0. The first kappa shape index (κ1) is 18.8. The van der Waals surface area contributed by atoms with E-state index in [0.29, 0.717) is 30.3 Å². The molecule has 0 radical (unpaired) electrons. The zero-order valence-corrected chi connectivity index (χ0v) is 14.2. The molecule has 0 fully saturated rings. The molecule has 0 aliphatic rings. The second kappa shape index (κ2) is 9.06.